The Bertz CT molecular complexity index is 619. The minimum absolute atomic E-state index is 0.711. The van der Waals surface area contributed by atoms with Crippen molar-refractivity contribution in [2.45, 2.75) is 96.8 Å². The Kier molecular flexibility index (Phi) is 9.21. The van der Waals surface area contributed by atoms with E-state index in [0.29, 0.717) is 0 Å². The summed E-state index contributed by atoms with van der Waals surface area (Å²) in [7, 11) is 0. The van der Waals surface area contributed by atoms with Gasteiger partial charge in [0.05, 0.1) is 0 Å². The average molecular weight is 403 g/mol. The van der Waals surface area contributed by atoms with Crippen LogP contribution in [0.4, 0.5) is 8.78 Å². The highest BCUT2D eigenvalue weighted by molar-refractivity contribution is 5.17. The number of halogens is 2. The highest BCUT2D eigenvalue weighted by Gasteiger charge is 2.30. The van der Waals surface area contributed by atoms with Crippen LogP contribution in [0.3, 0.4) is 0 Å². The zero-order valence-electron chi connectivity index (χ0n) is 18.4. The molecule has 1 aromatic rings. The van der Waals surface area contributed by atoms with Crippen molar-refractivity contribution < 1.29 is 8.78 Å². The van der Waals surface area contributed by atoms with Gasteiger partial charge in [0.25, 0.3) is 0 Å². The molecule has 0 radical (unpaired) electrons. The van der Waals surface area contributed by atoms with Gasteiger partial charge in [0.1, 0.15) is 0 Å². The van der Waals surface area contributed by atoms with E-state index in [0.717, 1.165) is 42.1 Å². The standard InChI is InChI=1S/C27H40F2/c1-2-3-4-5-6-7-21-10-15-24(16-11-21)25-17-12-22(13-18-25)8-9-23-14-19-26(28)27(29)20-23/h6-7,14,19-22,24-25H,2-5,8-13,15-18H2,1H3/b7-6+/t21-,22?,24-,25?. The summed E-state index contributed by atoms with van der Waals surface area (Å²) in [5, 5.41) is 0. The summed E-state index contributed by atoms with van der Waals surface area (Å²) < 4.78 is 26.4. The molecule has 3 rings (SSSR count). The summed E-state index contributed by atoms with van der Waals surface area (Å²) in [5.74, 6) is 2.03. The van der Waals surface area contributed by atoms with Gasteiger partial charge in [0.2, 0.25) is 0 Å². The Balaban J connectivity index is 1.32. The van der Waals surface area contributed by atoms with Crippen LogP contribution in [0.1, 0.15) is 96.0 Å². The third-order valence-corrected chi connectivity index (χ3v) is 7.58. The lowest BCUT2D eigenvalue weighted by atomic mass is 9.68. The van der Waals surface area contributed by atoms with Crippen molar-refractivity contribution in [1.82, 2.24) is 0 Å². The zero-order valence-corrected chi connectivity index (χ0v) is 18.4. The van der Waals surface area contributed by atoms with Crippen molar-refractivity contribution in [2.24, 2.45) is 23.7 Å². The first-order valence-electron chi connectivity index (χ1n) is 12.3. The smallest absolute Gasteiger partial charge is 0.159 e. The van der Waals surface area contributed by atoms with Crippen LogP contribution in [0.15, 0.2) is 30.4 Å². The maximum Gasteiger partial charge on any atom is 0.159 e. The molecule has 0 saturated heterocycles. The molecule has 29 heavy (non-hydrogen) atoms. The van der Waals surface area contributed by atoms with Crippen LogP contribution in [0, 0.1) is 35.3 Å². The molecule has 2 aliphatic carbocycles. The number of rotatable bonds is 9. The number of benzene rings is 1. The predicted octanol–water partition coefficient (Wildman–Crippen LogP) is 8.65. The highest BCUT2D eigenvalue weighted by Crippen LogP contribution is 2.42. The topological polar surface area (TPSA) is 0 Å². The number of aryl methyl sites for hydroxylation is 1. The lowest BCUT2D eigenvalue weighted by Crippen LogP contribution is -2.25. The number of allylic oxidation sites excluding steroid dienone is 2. The second-order valence-electron chi connectivity index (χ2n) is 9.67. The van der Waals surface area contributed by atoms with Gasteiger partial charge in [-0.1, -0.05) is 50.8 Å². The zero-order chi connectivity index (χ0) is 20.5. The van der Waals surface area contributed by atoms with Crippen molar-refractivity contribution in [1.29, 1.82) is 0 Å². The summed E-state index contributed by atoms with van der Waals surface area (Å²) >= 11 is 0. The van der Waals surface area contributed by atoms with Gasteiger partial charge < -0.3 is 0 Å². The summed E-state index contributed by atoms with van der Waals surface area (Å²) in [5.41, 5.74) is 0.937. The summed E-state index contributed by atoms with van der Waals surface area (Å²) in [4.78, 5) is 0. The molecule has 2 fully saturated rings. The normalized spacial score (nSPS) is 28.1. The quantitative estimate of drug-likeness (QED) is 0.286. The van der Waals surface area contributed by atoms with E-state index in [9.17, 15) is 8.78 Å². The maximum absolute atomic E-state index is 13.4. The van der Waals surface area contributed by atoms with Gasteiger partial charge in [-0.25, -0.2) is 8.78 Å². The fourth-order valence-corrected chi connectivity index (χ4v) is 5.62. The number of hydrogen-bond acceptors (Lipinski definition) is 0. The molecule has 0 amide bonds. The fourth-order valence-electron chi connectivity index (χ4n) is 5.62. The molecule has 0 nitrogen and oxygen atoms in total. The lowest BCUT2D eigenvalue weighted by Gasteiger charge is -2.37. The van der Waals surface area contributed by atoms with Crippen LogP contribution in [0.5, 0.6) is 0 Å². The average Bonchev–Trinajstić information content (AvgIpc) is 2.75. The molecular formula is C27H40F2. The van der Waals surface area contributed by atoms with Gasteiger partial charge in [-0.15, -0.1) is 0 Å². The van der Waals surface area contributed by atoms with Crippen LogP contribution in [-0.4, -0.2) is 0 Å². The minimum Gasteiger partial charge on any atom is -0.204 e. The maximum atomic E-state index is 13.4. The largest absolute Gasteiger partial charge is 0.204 e. The molecule has 0 unspecified atom stereocenters. The lowest BCUT2D eigenvalue weighted by molar-refractivity contribution is 0.152. The monoisotopic (exact) mass is 402 g/mol. The molecule has 162 valence electrons. The molecule has 0 spiro atoms. The van der Waals surface area contributed by atoms with Crippen molar-refractivity contribution in [3.8, 4) is 0 Å². The molecule has 0 aromatic heterocycles. The van der Waals surface area contributed by atoms with E-state index in [2.05, 4.69) is 19.1 Å². The van der Waals surface area contributed by atoms with E-state index in [1.807, 2.05) is 0 Å². The van der Waals surface area contributed by atoms with E-state index in [4.69, 9.17) is 0 Å². The van der Waals surface area contributed by atoms with Gasteiger partial charge >= 0.3 is 0 Å². The SMILES string of the molecule is CCCCC/C=C/[C@H]1CC[C@H](C2CCC(CCc3ccc(F)c(F)c3)CC2)CC1. The number of unbranched alkanes of at least 4 members (excludes halogenated alkanes) is 3. The summed E-state index contributed by atoms with van der Waals surface area (Å²) in [6.07, 6.45) is 23.3. The van der Waals surface area contributed by atoms with E-state index in [-0.39, 0.29) is 0 Å². The van der Waals surface area contributed by atoms with Crippen LogP contribution in [0.25, 0.3) is 0 Å². The van der Waals surface area contributed by atoms with Gasteiger partial charge in [0.15, 0.2) is 11.6 Å². The molecule has 0 N–H and O–H groups in total. The molecule has 0 atom stereocenters. The van der Waals surface area contributed by atoms with Gasteiger partial charge in [-0.3, -0.25) is 0 Å². The molecule has 1 aromatic carbocycles. The predicted molar refractivity (Wildman–Crippen MR) is 119 cm³/mol. The van der Waals surface area contributed by atoms with Gasteiger partial charge in [-0.05, 0) is 106 Å². The van der Waals surface area contributed by atoms with E-state index >= 15 is 0 Å². The van der Waals surface area contributed by atoms with Gasteiger partial charge in [-0.2, -0.15) is 0 Å². The van der Waals surface area contributed by atoms with Crippen LogP contribution >= 0.6 is 0 Å². The fraction of sp³-hybridized carbons (Fsp3) is 0.704. The molecule has 2 aliphatic rings. The summed E-state index contributed by atoms with van der Waals surface area (Å²) in [6.45, 7) is 2.27. The Morgan fingerprint density at radius 2 is 1.55 bits per heavy atom. The first-order chi connectivity index (χ1) is 14.2. The molecular weight excluding hydrogens is 362 g/mol. The first-order valence-corrected chi connectivity index (χ1v) is 12.3. The van der Waals surface area contributed by atoms with Crippen LogP contribution < -0.4 is 0 Å². The van der Waals surface area contributed by atoms with Gasteiger partial charge in [0, 0.05) is 0 Å². The Morgan fingerprint density at radius 1 is 0.862 bits per heavy atom. The molecule has 2 heteroatoms. The van der Waals surface area contributed by atoms with Crippen molar-refractivity contribution >= 4 is 0 Å². The highest BCUT2D eigenvalue weighted by atomic mass is 19.2. The van der Waals surface area contributed by atoms with Crippen molar-refractivity contribution in [2.75, 3.05) is 0 Å². The minimum atomic E-state index is -0.740. The molecule has 0 heterocycles. The Labute approximate surface area is 177 Å². The van der Waals surface area contributed by atoms with E-state index in [1.165, 1.54) is 89.2 Å². The van der Waals surface area contributed by atoms with Crippen molar-refractivity contribution in [3.63, 3.8) is 0 Å². The molecule has 0 bridgehead atoms. The third kappa shape index (κ3) is 7.23. The second-order valence-corrected chi connectivity index (χ2v) is 9.67. The van der Waals surface area contributed by atoms with Crippen molar-refractivity contribution in [3.05, 3.63) is 47.5 Å². The van der Waals surface area contributed by atoms with E-state index < -0.39 is 11.6 Å². The first kappa shape index (κ1) is 22.5. The Morgan fingerprint density at radius 3 is 2.21 bits per heavy atom. The second kappa shape index (κ2) is 11.9. The number of hydrogen-bond donors (Lipinski definition) is 0. The third-order valence-electron chi connectivity index (χ3n) is 7.58. The van der Waals surface area contributed by atoms with E-state index in [1.54, 1.807) is 6.07 Å². The van der Waals surface area contributed by atoms with Crippen LogP contribution in [0.2, 0.25) is 0 Å². The molecule has 2 saturated carbocycles. The van der Waals surface area contributed by atoms with Crippen LogP contribution in [-0.2, 0) is 6.42 Å². The summed E-state index contributed by atoms with van der Waals surface area (Å²) in [6, 6.07) is 4.37. The Hall–Kier alpha value is -1.18. The molecule has 0 aliphatic heterocycles.